The SMILES string of the molecule is C=CC(C)c1ccc(SC)c([N+](=O)[O-])c1. The minimum atomic E-state index is -0.342. The Balaban J connectivity index is 3.21. The van der Waals surface area contributed by atoms with Crippen molar-refractivity contribution < 1.29 is 4.92 Å². The third-order valence-electron chi connectivity index (χ3n) is 2.28. The summed E-state index contributed by atoms with van der Waals surface area (Å²) in [5.74, 6) is 0.139. The molecule has 0 aliphatic carbocycles. The zero-order chi connectivity index (χ0) is 11.4. The summed E-state index contributed by atoms with van der Waals surface area (Å²) < 4.78 is 0. The molecule has 1 rings (SSSR count). The van der Waals surface area contributed by atoms with Gasteiger partial charge in [0, 0.05) is 6.07 Å². The Morgan fingerprint density at radius 1 is 1.60 bits per heavy atom. The predicted molar refractivity (Wildman–Crippen MR) is 63.5 cm³/mol. The molecule has 0 radical (unpaired) electrons. The van der Waals surface area contributed by atoms with E-state index in [4.69, 9.17) is 0 Å². The highest BCUT2D eigenvalue weighted by Crippen LogP contribution is 2.30. The summed E-state index contributed by atoms with van der Waals surface area (Å²) >= 11 is 1.38. The van der Waals surface area contributed by atoms with Gasteiger partial charge in [0.05, 0.1) is 9.82 Å². The van der Waals surface area contributed by atoms with Crippen LogP contribution in [0.5, 0.6) is 0 Å². The summed E-state index contributed by atoms with van der Waals surface area (Å²) in [5, 5.41) is 10.8. The van der Waals surface area contributed by atoms with Crippen LogP contribution in [-0.2, 0) is 0 Å². The quantitative estimate of drug-likeness (QED) is 0.339. The van der Waals surface area contributed by atoms with Crippen LogP contribution in [0.25, 0.3) is 0 Å². The van der Waals surface area contributed by atoms with E-state index in [0.717, 1.165) is 5.56 Å². The summed E-state index contributed by atoms with van der Waals surface area (Å²) in [6.07, 6.45) is 3.61. The lowest BCUT2D eigenvalue weighted by Gasteiger charge is -2.07. The summed E-state index contributed by atoms with van der Waals surface area (Å²) in [6, 6.07) is 5.32. The second-order valence-corrected chi connectivity index (χ2v) is 4.06. The van der Waals surface area contributed by atoms with E-state index in [1.54, 1.807) is 18.2 Å². The highest BCUT2D eigenvalue weighted by Gasteiger charge is 2.15. The molecule has 0 bridgehead atoms. The Hall–Kier alpha value is -1.29. The van der Waals surface area contributed by atoms with E-state index < -0.39 is 0 Å². The maximum Gasteiger partial charge on any atom is 0.283 e. The molecule has 0 aromatic heterocycles. The third-order valence-corrected chi connectivity index (χ3v) is 3.06. The maximum atomic E-state index is 10.8. The maximum absolute atomic E-state index is 10.8. The fraction of sp³-hybridized carbons (Fsp3) is 0.273. The molecule has 0 saturated carbocycles. The van der Waals surface area contributed by atoms with E-state index in [1.165, 1.54) is 11.8 Å². The van der Waals surface area contributed by atoms with Crippen LogP contribution in [0.4, 0.5) is 5.69 Å². The number of hydrogen-bond acceptors (Lipinski definition) is 3. The van der Waals surface area contributed by atoms with Crippen molar-refractivity contribution in [2.75, 3.05) is 6.26 Å². The fourth-order valence-electron chi connectivity index (χ4n) is 1.27. The summed E-state index contributed by atoms with van der Waals surface area (Å²) in [5.41, 5.74) is 1.10. The van der Waals surface area contributed by atoms with Crippen LogP contribution in [0.3, 0.4) is 0 Å². The second-order valence-electron chi connectivity index (χ2n) is 3.21. The van der Waals surface area contributed by atoms with E-state index >= 15 is 0 Å². The van der Waals surface area contributed by atoms with Gasteiger partial charge < -0.3 is 0 Å². The van der Waals surface area contributed by atoms with Gasteiger partial charge in [-0.15, -0.1) is 18.3 Å². The summed E-state index contributed by atoms with van der Waals surface area (Å²) in [6.45, 7) is 5.64. The van der Waals surface area contributed by atoms with Gasteiger partial charge in [-0.2, -0.15) is 0 Å². The third kappa shape index (κ3) is 2.59. The second kappa shape index (κ2) is 4.98. The predicted octanol–water partition coefficient (Wildman–Crippen LogP) is 3.61. The number of nitro benzene ring substituents is 1. The lowest BCUT2D eigenvalue weighted by atomic mass is 10.0. The number of thioether (sulfide) groups is 1. The van der Waals surface area contributed by atoms with Gasteiger partial charge in [-0.05, 0) is 23.8 Å². The first-order chi connectivity index (χ1) is 7.10. The lowest BCUT2D eigenvalue weighted by molar-refractivity contribution is -0.387. The van der Waals surface area contributed by atoms with Crippen molar-refractivity contribution in [1.29, 1.82) is 0 Å². The molecule has 0 aliphatic rings. The van der Waals surface area contributed by atoms with Crippen LogP contribution >= 0.6 is 11.8 Å². The Morgan fingerprint density at radius 3 is 2.73 bits per heavy atom. The topological polar surface area (TPSA) is 43.1 Å². The Morgan fingerprint density at radius 2 is 2.27 bits per heavy atom. The monoisotopic (exact) mass is 223 g/mol. The van der Waals surface area contributed by atoms with Crippen LogP contribution in [0, 0.1) is 10.1 Å². The molecule has 1 atom stereocenters. The number of benzene rings is 1. The van der Waals surface area contributed by atoms with Crippen molar-refractivity contribution in [2.24, 2.45) is 0 Å². The first kappa shape index (κ1) is 11.8. The summed E-state index contributed by atoms with van der Waals surface area (Å²) in [4.78, 5) is 11.2. The molecule has 1 aromatic carbocycles. The number of hydrogen-bond donors (Lipinski definition) is 0. The van der Waals surface area contributed by atoms with Crippen LogP contribution in [0.1, 0.15) is 18.4 Å². The molecule has 0 heterocycles. The van der Waals surface area contributed by atoms with E-state index in [-0.39, 0.29) is 16.5 Å². The molecular weight excluding hydrogens is 210 g/mol. The van der Waals surface area contributed by atoms with Crippen LogP contribution in [-0.4, -0.2) is 11.2 Å². The molecular formula is C11H13NO2S. The number of rotatable bonds is 4. The smallest absolute Gasteiger partial charge is 0.258 e. The van der Waals surface area contributed by atoms with Crippen LogP contribution in [0.2, 0.25) is 0 Å². The lowest BCUT2D eigenvalue weighted by Crippen LogP contribution is -1.95. The first-order valence-electron chi connectivity index (χ1n) is 4.55. The zero-order valence-electron chi connectivity index (χ0n) is 8.77. The van der Waals surface area contributed by atoms with Gasteiger partial charge in [0.2, 0.25) is 0 Å². The number of allylic oxidation sites excluding steroid dienone is 1. The van der Waals surface area contributed by atoms with Crippen LogP contribution < -0.4 is 0 Å². The van der Waals surface area contributed by atoms with Crippen molar-refractivity contribution in [3.63, 3.8) is 0 Å². The Labute approximate surface area is 93.3 Å². The minimum Gasteiger partial charge on any atom is -0.258 e. The number of nitrogens with zero attached hydrogens (tertiary/aromatic N) is 1. The molecule has 0 aliphatic heterocycles. The van der Waals surface area contributed by atoms with Gasteiger partial charge >= 0.3 is 0 Å². The zero-order valence-corrected chi connectivity index (χ0v) is 9.58. The van der Waals surface area contributed by atoms with E-state index in [1.807, 2.05) is 19.2 Å². The molecule has 0 saturated heterocycles. The first-order valence-corrected chi connectivity index (χ1v) is 5.77. The van der Waals surface area contributed by atoms with Gasteiger partial charge in [0.25, 0.3) is 5.69 Å². The molecule has 0 spiro atoms. The normalized spacial score (nSPS) is 12.1. The van der Waals surface area contributed by atoms with Gasteiger partial charge in [0.15, 0.2) is 0 Å². The number of nitro groups is 1. The molecule has 15 heavy (non-hydrogen) atoms. The van der Waals surface area contributed by atoms with Gasteiger partial charge in [-0.25, -0.2) is 0 Å². The molecule has 0 N–H and O–H groups in total. The van der Waals surface area contributed by atoms with Crippen molar-refractivity contribution in [2.45, 2.75) is 17.7 Å². The van der Waals surface area contributed by atoms with E-state index in [2.05, 4.69) is 6.58 Å². The molecule has 1 aromatic rings. The average molecular weight is 223 g/mol. The summed E-state index contributed by atoms with van der Waals surface area (Å²) in [7, 11) is 0. The minimum absolute atomic E-state index is 0.139. The van der Waals surface area contributed by atoms with E-state index in [9.17, 15) is 10.1 Å². The fourth-order valence-corrected chi connectivity index (χ4v) is 1.82. The van der Waals surface area contributed by atoms with Gasteiger partial charge in [-0.1, -0.05) is 19.1 Å². The molecule has 0 fully saturated rings. The van der Waals surface area contributed by atoms with E-state index in [0.29, 0.717) is 4.90 Å². The molecule has 4 heteroatoms. The van der Waals surface area contributed by atoms with Gasteiger partial charge in [0.1, 0.15) is 0 Å². The molecule has 3 nitrogen and oxygen atoms in total. The van der Waals surface area contributed by atoms with Crippen molar-refractivity contribution in [3.05, 3.63) is 46.5 Å². The highest BCUT2D eigenvalue weighted by atomic mass is 32.2. The molecule has 1 unspecified atom stereocenters. The van der Waals surface area contributed by atoms with Crippen molar-refractivity contribution >= 4 is 17.4 Å². The molecule has 80 valence electrons. The molecule has 0 amide bonds. The Bertz CT molecular complexity index is 390. The average Bonchev–Trinajstić information content (AvgIpc) is 2.27. The standard InChI is InChI=1S/C11H13NO2S/c1-4-8(2)9-5-6-11(15-3)10(7-9)12(13)14/h4-8H,1H2,2-3H3. The van der Waals surface area contributed by atoms with Gasteiger partial charge in [-0.3, -0.25) is 10.1 Å². The van der Waals surface area contributed by atoms with Crippen molar-refractivity contribution in [1.82, 2.24) is 0 Å². The van der Waals surface area contributed by atoms with Crippen LogP contribution in [0.15, 0.2) is 35.7 Å². The Kier molecular flexibility index (Phi) is 3.91. The largest absolute Gasteiger partial charge is 0.283 e. The highest BCUT2D eigenvalue weighted by molar-refractivity contribution is 7.98. The van der Waals surface area contributed by atoms with Crippen molar-refractivity contribution in [3.8, 4) is 0 Å².